The first-order valence-corrected chi connectivity index (χ1v) is 7.66. The van der Waals surface area contributed by atoms with Crippen LogP contribution in [0.1, 0.15) is 26.7 Å². The molecule has 0 amide bonds. The van der Waals surface area contributed by atoms with Gasteiger partial charge in [-0.15, -0.1) is 0 Å². The molecular formula is C10H23N3O3S. The molecule has 0 heterocycles. The van der Waals surface area contributed by atoms with Crippen LogP contribution in [-0.4, -0.2) is 55.5 Å². The average Bonchev–Trinajstić information content (AvgIpc) is 2.29. The Kier molecular flexibility index (Phi) is 7.90. The quantitative estimate of drug-likeness (QED) is 0.270. The summed E-state index contributed by atoms with van der Waals surface area (Å²) in [6.07, 6.45) is 1.52. The number of nitrogens with zero attached hydrogens (tertiary/aromatic N) is 2. The second-order valence-electron chi connectivity index (χ2n) is 3.96. The molecule has 7 heteroatoms. The van der Waals surface area contributed by atoms with Gasteiger partial charge >= 0.3 is 0 Å². The standard InChI is InChI=1S/C10H23N3O3S/c1-3-6-13(9-10(11)12-14)7-5-8-17(15,16)4-2/h14H,3-9H2,1-2H3,(H2,11,12). The predicted molar refractivity (Wildman–Crippen MR) is 69.1 cm³/mol. The van der Waals surface area contributed by atoms with E-state index in [1.807, 2.05) is 11.8 Å². The van der Waals surface area contributed by atoms with E-state index in [4.69, 9.17) is 10.9 Å². The van der Waals surface area contributed by atoms with Gasteiger partial charge in [0.1, 0.15) is 9.84 Å². The van der Waals surface area contributed by atoms with Gasteiger partial charge in [0.25, 0.3) is 0 Å². The first kappa shape index (κ1) is 16.2. The minimum absolute atomic E-state index is 0.150. The summed E-state index contributed by atoms with van der Waals surface area (Å²) in [4.78, 5) is 1.99. The first-order chi connectivity index (χ1) is 7.95. The second-order valence-corrected chi connectivity index (χ2v) is 6.43. The molecule has 0 aliphatic rings. The fourth-order valence-corrected chi connectivity index (χ4v) is 2.36. The molecule has 6 nitrogen and oxygen atoms in total. The van der Waals surface area contributed by atoms with Crippen molar-refractivity contribution in [1.29, 1.82) is 0 Å². The summed E-state index contributed by atoms with van der Waals surface area (Å²) in [5, 5.41) is 11.4. The lowest BCUT2D eigenvalue weighted by atomic mass is 10.3. The van der Waals surface area contributed by atoms with Crippen LogP contribution in [0, 0.1) is 0 Å². The van der Waals surface area contributed by atoms with Crippen LogP contribution in [-0.2, 0) is 9.84 Å². The molecule has 0 rings (SSSR count). The van der Waals surface area contributed by atoms with Crippen molar-refractivity contribution in [3.05, 3.63) is 0 Å². The van der Waals surface area contributed by atoms with Crippen molar-refractivity contribution in [2.45, 2.75) is 26.7 Å². The molecule has 102 valence electrons. The summed E-state index contributed by atoms with van der Waals surface area (Å²) in [5.41, 5.74) is 5.43. The van der Waals surface area contributed by atoms with Crippen molar-refractivity contribution < 1.29 is 13.6 Å². The van der Waals surface area contributed by atoms with Gasteiger partial charge in [-0.25, -0.2) is 8.42 Å². The zero-order chi connectivity index (χ0) is 13.3. The van der Waals surface area contributed by atoms with Crippen LogP contribution in [0.15, 0.2) is 5.16 Å². The highest BCUT2D eigenvalue weighted by molar-refractivity contribution is 7.91. The van der Waals surface area contributed by atoms with Crippen molar-refractivity contribution in [1.82, 2.24) is 4.90 Å². The third-order valence-corrected chi connectivity index (χ3v) is 4.21. The summed E-state index contributed by atoms with van der Waals surface area (Å²) in [5.74, 6) is 0.526. The van der Waals surface area contributed by atoms with E-state index in [9.17, 15) is 8.42 Å². The van der Waals surface area contributed by atoms with Crippen molar-refractivity contribution in [3.8, 4) is 0 Å². The van der Waals surface area contributed by atoms with Gasteiger partial charge in [0.15, 0.2) is 5.84 Å². The Morgan fingerprint density at radius 3 is 2.47 bits per heavy atom. The van der Waals surface area contributed by atoms with Crippen LogP contribution >= 0.6 is 0 Å². The van der Waals surface area contributed by atoms with E-state index in [0.29, 0.717) is 19.5 Å². The lowest BCUT2D eigenvalue weighted by Crippen LogP contribution is -2.35. The van der Waals surface area contributed by atoms with Crippen molar-refractivity contribution in [2.24, 2.45) is 10.9 Å². The molecule has 0 radical (unpaired) electrons. The minimum atomic E-state index is -2.90. The Labute approximate surface area is 103 Å². The van der Waals surface area contributed by atoms with Crippen LogP contribution in [0.5, 0.6) is 0 Å². The molecule has 0 spiro atoms. The molecule has 17 heavy (non-hydrogen) atoms. The topological polar surface area (TPSA) is 96.0 Å². The molecule has 0 aliphatic carbocycles. The highest BCUT2D eigenvalue weighted by atomic mass is 32.2. The van der Waals surface area contributed by atoms with Gasteiger partial charge in [0.05, 0.1) is 12.3 Å². The smallest absolute Gasteiger partial charge is 0.153 e. The van der Waals surface area contributed by atoms with E-state index in [1.54, 1.807) is 6.92 Å². The summed E-state index contributed by atoms with van der Waals surface area (Å²) in [6.45, 7) is 5.50. The van der Waals surface area contributed by atoms with E-state index in [-0.39, 0.29) is 17.3 Å². The van der Waals surface area contributed by atoms with E-state index >= 15 is 0 Å². The molecular weight excluding hydrogens is 242 g/mol. The molecule has 0 unspecified atom stereocenters. The van der Waals surface area contributed by atoms with Gasteiger partial charge in [-0.05, 0) is 25.9 Å². The number of sulfone groups is 1. The maximum Gasteiger partial charge on any atom is 0.153 e. The number of nitrogens with two attached hydrogens (primary N) is 1. The van der Waals surface area contributed by atoms with Crippen LogP contribution in [0.4, 0.5) is 0 Å². The van der Waals surface area contributed by atoms with Gasteiger partial charge in [-0.2, -0.15) is 0 Å². The molecule has 3 N–H and O–H groups in total. The molecule has 0 bridgehead atoms. The highest BCUT2D eigenvalue weighted by Crippen LogP contribution is 1.98. The number of amidine groups is 1. The Hall–Kier alpha value is -0.820. The van der Waals surface area contributed by atoms with E-state index in [1.165, 1.54) is 0 Å². The Bertz CT molecular complexity index is 328. The van der Waals surface area contributed by atoms with Gasteiger partial charge < -0.3 is 10.9 Å². The Balaban J connectivity index is 4.10. The number of oxime groups is 1. The van der Waals surface area contributed by atoms with Gasteiger partial charge in [0.2, 0.25) is 0 Å². The molecule has 0 atom stereocenters. The number of hydrogen-bond acceptors (Lipinski definition) is 5. The van der Waals surface area contributed by atoms with Crippen LogP contribution in [0.25, 0.3) is 0 Å². The molecule has 0 aromatic carbocycles. The second kappa shape index (κ2) is 8.30. The fraction of sp³-hybridized carbons (Fsp3) is 0.900. The van der Waals surface area contributed by atoms with E-state index in [2.05, 4.69) is 5.16 Å². The molecule has 0 aromatic heterocycles. The number of hydrogen-bond donors (Lipinski definition) is 2. The normalized spacial score (nSPS) is 13.2. The Morgan fingerprint density at radius 2 is 2.00 bits per heavy atom. The van der Waals surface area contributed by atoms with E-state index < -0.39 is 9.84 Å². The molecule has 0 aromatic rings. The SMILES string of the molecule is CCCN(CCCS(=O)(=O)CC)CC(N)=NO. The summed E-state index contributed by atoms with van der Waals surface area (Å²) < 4.78 is 22.6. The zero-order valence-electron chi connectivity index (χ0n) is 10.6. The van der Waals surface area contributed by atoms with Gasteiger partial charge in [0, 0.05) is 5.75 Å². The van der Waals surface area contributed by atoms with Crippen molar-refractivity contribution in [2.75, 3.05) is 31.1 Å². The van der Waals surface area contributed by atoms with Gasteiger partial charge in [-0.1, -0.05) is 19.0 Å². The maximum absolute atomic E-state index is 11.3. The van der Waals surface area contributed by atoms with Crippen molar-refractivity contribution in [3.63, 3.8) is 0 Å². The summed E-state index contributed by atoms with van der Waals surface area (Å²) >= 11 is 0. The zero-order valence-corrected chi connectivity index (χ0v) is 11.4. The third kappa shape index (κ3) is 7.98. The van der Waals surface area contributed by atoms with E-state index in [0.717, 1.165) is 13.0 Å². The molecule has 0 fully saturated rings. The largest absolute Gasteiger partial charge is 0.409 e. The fourth-order valence-electron chi connectivity index (χ4n) is 1.50. The maximum atomic E-state index is 11.3. The summed E-state index contributed by atoms with van der Waals surface area (Å²) in [6, 6.07) is 0. The minimum Gasteiger partial charge on any atom is -0.409 e. The van der Waals surface area contributed by atoms with Crippen LogP contribution in [0.2, 0.25) is 0 Å². The molecule has 0 saturated heterocycles. The third-order valence-electron chi connectivity index (χ3n) is 2.42. The Morgan fingerprint density at radius 1 is 1.35 bits per heavy atom. The average molecular weight is 265 g/mol. The van der Waals surface area contributed by atoms with Gasteiger partial charge in [-0.3, -0.25) is 4.90 Å². The lowest BCUT2D eigenvalue weighted by Gasteiger charge is -2.20. The number of rotatable bonds is 9. The van der Waals surface area contributed by atoms with Crippen molar-refractivity contribution >= 4 is 15.7 Å². The monoisotopic (exact) mass is 265 g/mol. The predicted octanol–water partition coefficient (Wildman–Crippen LogP) is 0.270. The highest BCUT2D eigenvalue weighted by Gasteiger charge is 2.10. The molecule has 0 saturated carbocycles. The van der Waals surface area contributed by atoms with Crippen LogP contribution < -0.4 is 5.73 Å². The molecule has 0 aliphatic heterocycles. The first-order valence-electron chi connectivity index (χ1n) is 5.84. The van der Waals surface area contributed by atoms with Crippen LogP contribution in [0.3, 0.4) is 0 Å². The lowest BCUT2D eigenvalue weighted by molar-refractivity contribution is 0.291. The summed E-state index contributed by atoms with van der Waals surface area (Å²) in [7, 11) is -2.90.